The molecule has 0 fully saturated rings. The van der Waals surface area contributed by atoms with Gasteiger partial charge in [0.15, 0.2) is 0 Å². The van der Waals surface area contributed by atoms with Gasteiger partial charge in [-0.1, -0.05) is 71.9 Å². The lowest BCUT2D eigenvalue weighted by Crippen LogP contribution is -2.23. The molecule has 45 heavy (non-hydrogen) atoms. The Kier molecular flexibility index (Phi) is 7.07. The summed E-state index contributed by atoms with van der Waals surface area (Å²) in [6.45, 7) is 14.5. The summed E-state index contributed by atoms with van der Waals surface area (Å²) < 4.78 is 65.6. The highest BCUT2D eigenvalue weighted by molar-refractivity contribution is 5.81. The van der Waals surface area contributed by atoms with Crippen molar-refractivity contribution in [2.75, 3.05) is 0 Å². The van der Waals surface area contributed by atoms with Crippen LogP contribution in [-0.2, 0) is 16.2 Å². The number of pyridine rings is 2. The molecule has 0 aliphatic carbocycles. The SMILES string of the molecule is CC(C)(C)c1c(F)c2cc(c1F)-c1cccc(n1)C(C)(C)c1cccc(n1)-c1cc(c(F)c(C(C)(C)C)c1F)-c1cccc-2c1. The van der Waals surface area contributed by atoms with Crippen LogP contribution in [0.5, 0.6) is 0 Å². The van der Waals surface area contributed by atoms with E-state index >= 15 is 17.6 Å². The zero-order valence-corrected chi connectivity index (χ0v) is 26.8. The van der Waals surface area contributed by atoms with E-state index in [2.05, 4.69) is 0 Å². The Bertz CT molecular complexity index is 1860. The molecule has 10 bridgehead atoms. The minimum Gasteiger partial charge on any atom is -0.252 e. The molecule has 0 atom stereocenters. The first-order chi connectivity index (χ1) is 21.0. The van der Waals surface area contributed by atoms with Gasteiger partial charge in [-0.3, -0.25) is 9.97 Å². The van der Waals surface area contributed by atoms with Crippen LogP contribution in [0, 0.1) is 23.3 Å². The van der Waals surface area contributed by atoms with E-state index in [1.807, 2.05) is 26.0 Å². The Morgan fingerprint density at radius 2 is 0.844 bits per heavy atom. The van der Waals surface area contributed by atoms with Crippen molar-refractivity contribution in [2.45, 2.75) is 71.6 Å². The predicted octanol–water partition coefficient (Wildman–Crippen LogP) is 10.9. The molecule has 0 unspecified atom stereocenters. The molecule has 0 radical (unpaired) electrons. The van der Waals surface area contributed by atoms with Crippen LogP contribution in [-0.4, -0.2) is 9.97 Å². The number of hydrogen-bond donors (Lipinski definition) is 0. The highest BCUT2D eigenvalue weighted by Crippen LogP contribution is 2.43. The first-order valence-electron chi connectivity index (χ1n) is 15.1. The first kappa shape index (κ1) is 30.7. The highest BCUT2D eigenvalue weighted by Gasteiger charge is 2.33. The average Bonchev–Trinajstić information content (AvgIpc) is 2.96. The number of halogens is 4. The zero-order chi connectivity index (χ0) is 32.6. The molecule has 230 valence electrons. The maximum Gasteiger partial charge on any atom is 0.139 e. The van der Waals surface area contributed by atoms with Crippen LogP contribution in [0.2, 0.25) is 0 Å². The summed E-state index contributed by atoms with van der Waals surface area (Å²) in [4.78, 5) is 9.80. The van der Waals surface area contributed by atoms with E-state index in [-0.39, 0.29) is 33.4 Å². The molecule has 1 aliphatic rings. The van der Waals surface area contributed by atoms with E-state index in [4.69, 9.17) is 9.97 Å². The van der Waals surface area contributed by atoms with Gasteiger partial charge in [-0.2, -0.15) is 0 Å². The molecular weight excluding hydrogens is 572 g/mol. The van der Waals surface area contributed by atoms with Crippen molar-refractivity contribution in [2.24, 2.45) is 0 Å². The van der Waals surface area contributed by atoms with Crippen molar-refractivity contribution < 1.29 is 17.6 Å². The van der Waals surface area contributed by atoms with Gasteiger partial charge in [-0.25, -0.2) is 17.6 Å². The van der Waals surface area contributed by atoms with Gasteiger partial charge in [0.25, 0.3) is 0 Å². The molecule has 6 rings (SSSR count). The standard InChI is InChI=1S/C39H36F4N2/c1-37(2,3)31-33(40)23-19-25(35(31)42)27-14-10-16-29(44-27)39(7,8)30-17-11-15-28(45-30)26-20-24(22-13-9-12-21(23)18-22)34(41)32(36(26)43)38(4,5)6/h9-20H,1-8H3. The molecule has 6 heteroatoms. The largest absolute Gasteiger partial charge is 0.252 e. The maximum absolute atomic E-state index is 16.4. The summed E-state index contributed by atoms with van der Waals surface area (Å²) in [7, 11) is 0. The van der Waals surface area contributed by atoms with Crippen LogP contribution >= 0.6 is 0 Å². The maximum atomic E-state index is 16.4. The fraction of sp³-hybridized carbons (Fsp3) is 0.282. The summed E-state index contributed by atoms with van der Waals surface area (Å²) in [5.74, 6) is -2.72. The Morgan fingerprint density at radius 1 is 0.489 bits per heavy atom. The smallest absolute Gasteiger partial charge is 0.139 e. The second kappa shape index (κ2) is 10.4. The monoisotopic (exact) mass is 608 g/mol. The van der Waals surface area contributed by atoms with Crippen molar-refractivity contribution in [1.29, 1.82) is 0 Å². The molecule has 0 amide bonds. The second-order valence-electron chi connectivity index (χ2n) is 14.5. The van der Waals surface area contributed by atoms with Crippen LogP contribution in [0.1, 0.15) is 77.9 Å². The van der Waals surface area contributed by atoms with Crippen LogP contribution in [0.25, 0.3) is 44.8 Å². The van der Waals surface area contributed by atoms with Gasteiger partial charge in [0.05, 0.1) is 22.8 Å². The second-order valence-corrected chi connectivity index (χ2v) is 14.5. The molecule has 0 spiro atoms. The number of benzene rings is 3. The van der Waals surface area contributed by atoms with Crippen LogP contribution in [0.3, 0.4) is 0 Å². The molecule has 2 aromatic heterocycles. The van der Waals surface area contributed by atoms with Gasteiger partial charge >= 0.3 is 0 Å². The number of nitrogens with zero attached hydrogens (tertiary/aromatic N) is 2. The van der Waals surface area contributed by atoms with E-state index in [9.17, 15) is 0 Å². The highest BCUT2D eigenvalue weighted by atomic mass is 19.1. The Morgan fingerprint density at radius 3 is 1.22 bits per heavy atom. The third-order valence-electron chi connectivity index (χ3n) is 8.72. The Labute approximate surface area is 262 Å². The van der Waals surface area contributed by atoms with Crippen molar-refractivity contribution in [3.63, 3.8) is 0 Å². The summed E-state index contributed by atoms with van der Waals surface area (Å²) in [6.07, 6.45) is 0. The van der Waals surface area contributed by atoms with Crippen LogP contribution in [0.4, 0.5) is 17.6 Å². The van der Waals surface area contributed by atoms with Crippen molar-refractivity contribution in [3.05, 3.63) is 119 Å². The summed E-state index contributed by atoms with van der Waals surface area (Å²) in [5.41, 5.74) is 0.784. The van der Waals surface area contributed by atoms with Gasteiger partial charge in [0.2, 0.25) is 0 Å². The summed E-state index contributed by atoms with van der Waals surface area (Å²) >= 11 is 0. The molecule has 0 saturated heterocycles. The van der Waals surface area contributed by atoms with E-state index < -0.39 is 39.5 Å². The first-order valence-corrected chi connectivity index (χ1v) is 15.1. The molecule has 3 heterocycles. The van der Waals surface area contributed by atoms with Gasteiger partial charge in [-0.15, -0.1) is 0 Å². The number of hydrogen-bond acceptors (Lipinski definition) is 2. The van der Waals surface area contributed by atoms with Gasteiger partial charge in [0.1, 0.15) is 23.3 Å². The predicted molar refractivity (Wildman–Crippen MR) is 173 cm³/mol. The molecule has 5 aromatic rings. The molecule has 2 nitrogen and oxygen atoms in total. The average molecular weight is 609 g/mol. The van der Waals surface area contributed by atoms with E-state index in [0.717, 1.165) is 0 Å². The summed E-state index contributed by atoms with van der Waals surface area (Å²) in [6, 6.07) is 20.5. The fourth-order valence-electron chi connectivity index (χ4n) is 6.23. The Balaban J connectivity index is 1.80. The third kappa shape index (κ3) is 5.04. The van der Waals surface area contributed by atoms with Gasteiger partial charge in [0, 0.05) is 38.8 Å². The topological polar surface area (TPSA) is 25.8 Å². The molecular formula is C39H36F4N2. The van der Waals surface area contributed by atoms with Crippen molar-refractivity contribution in [1.82, 2.24) is 9.97 Å². The molecule has 0 N–H and O–H groups in total. The van der Waals surface area contributed by atoms with Gasteiger partial charge < -0.3 is 0 Å². The van der Waals surface area contributed by atoms with Gasteiger partial charge in [-0.05, 0) is 78.3 Å². The zero-order valence-electron chi connectivity index (χ0n) is 26.8. The Hall–Kier alpha value is -4.32. The molecule has 1 aliphatic heterocycles. The van der Waals surface area contributed by atoms with Crippen LogP contribution < -0.4 is 0 Å². The quantitative estimate of drug-likeness (QED) is 0.164. The molecule has 3 aromatic carbocycles. The van der Waals surface area contributed by atoms with E-state index in [1.54, 1.807) is 90.1 Å². The lowest BCUT2D eigenvalue weighted by atomic mass is 9.80. The normalized spacial score (nSPS) is 14.0. The lowest BCUT2D eigenvalue weighted by Gasteiger charge is -2.27. The number of aromatic nitrogens is 2. The lowest BCUT2D eigenvalue weighted by molar-refractivity contribution is 0.478. The van der Waals surface area contributed by atoms with Crippen molar-refractivity contribution in [3.8, 4) is 44.8 Å². The minimum absolute atomic E-state index is 0.0624. The van der Waals surface area contributed by atoms with E-state index in [0.29, 0.717) is 33.9 Å². The summed E-state index contributed by atoms with van der Waals surface area (Å²) in [5, 5.41) is 0. The number of fused-ring (bicyclic) bond motifs is 14. The van der Waals surface area contributed by atoms with Crippen LogP contribution in [0.15, 0.2) is 72.8 Å². The molecule has 0 saturated carbocycles. The minimum atomic E-state index is -0.877. The van der Waals surface area contributed by atoms with E-state index in [1.165, 1.54) is 12.1 Å². The number of rotatable bonds is 0. The van der Waals surface area contributed by atoms with Crippen molar-refractivity contribution >= 4 is 0 Å². The fourth-order valence-corrected chi connectivity index (χ4v) is 6.23. The third-order valence-corrected chi connectivity index (χ3v) is 8.72.